The quantitative estimate of drug-likeness (QED) is 0.715. The van der Waals surface area contributed by atoms with Gasteiger partial charge < -0.3 is 15.2 Å². The molecule has 0 bridgehead atoms. The monoisotopic (exact) mass is 387 g/mol. The highest BCUT2D eigenvalue weighted by Gasteiger charge is 2.26. The molecule has 1 aliphatic rings. The van der Waals surface area contributed by atoms with Crippen LogP contribution in [0.3, 0.4) is 0 Å². The van der Waals surface area contributed by atoms with Gasteiger partial charge in [0.25, 0.3) is 5.56 Å². The number of thiazole rings is 1. The van der Waals surface area contributed by atoms with Gasteiger partial charge in [-0.05, 0) is 30.5 Å². The van der Waals surface area contributed by atoms with Gasteiger partial charge in [0.05, 0.1) is 6.33 Å². The fraction of sp³-hybridized carbons (Fsp3) is 0.333. The van der Waals surface area contributed by atoms with Gasteiger partial charge in [-0.1, -0.05) is 23.5 Å². The predicted molar refractivity (Wildman–Crippen MR) is 101 cm³/mol. The third-order valence-electron chi connectivity index (χ3n) is 4.70. The fourth-order valence-electron chi connectivity index (χ4n) is 3.16. The standard InChI is InChI=1S/C18H18FN5O2S/c19-13-3-1-11(2-4-13)9-20-16(25)12-5-7-24(8-6-12)18-23-15-14(27-18)17(26)22-10-21-15/h1-4,10,12H,5-9H2,(H,20,25)(H,21,22,26). The molecule has 27 heavy (non-hydrogen) atoms. The number of H-pyrrole nitrogens is 1. The van der Waals surface area contributed by atoms with Crippen molar-refractivity contribution in [2.45, 2.75) is 19.4 Å². The molecule has 0 saturated carbocycles. The number of halogens is 1. The normalized spacial score (nSPS) is 15.2. The summed E-state index contributed by atoms with van der Waals surface area (Å²) in [5.41, 5.74) is 1.14. The van der Waals surface area contributed by atoms with Gasteiger partial charge in [0, 0.05) is 25.6 Å². The largest absolute Gasteiger partial charge is 0.352 e. The van der Waals surface area contributed by atoms with Crippen molar-refractivity contribution in [3.63, 3.8) is 0 Å². The molecule has 140 valence electrons. The highest BCUT2D eigenvalue weighted by Crippen LogP contribution is 2.29. The number of rotatable bonds is 4. The van der Waals surface area contributed by atoms with E-state index in [4.69, 9.17) is 0 Å². The topological polar surface area (TPSA) is 91.0 Å². The Labute approximate surface area is 158 Å². The number of aromatic amines is 1. The van der Waals surface area contributed by atoms with Gasteiger partial charge >= 0.3 is 0 Å². The molecule has 0 unspecified atom stereocenters. The van der Waals surface area contributed by atoms with E-state index in [-0.39, 0.29) is 23.2 Å². The van der Waals surface area contributed by atoms with Crippen LogP contribution >= 0.6 is 11.3 Å². The summed E-state index contributed by atoms with van der Waals surface area (Å²) in [4.78, 5) is 37.4. The number of nitrogens with one attached hydrogen (secondary N) is 2. The molecule has 1 aromatic carbocycles. The SMILES string of the molecule is O=C(NCc1ccc(F)cc1)C1CCN(c2nc3nc[nH]c(=O)c3s2)CC1. The summed E-state index contributed by atoms with van der Waals surface area (Å²) in [7, 11) is 0. The lowest BCUT2D eigenvalue weighted by Gasteiger charge is -2.30. The molecule has 2 N–H and O–H groups in total. The van der Waals surface area contributed by atoms with E-state index in [9.17, 15) is 14.0 Å². The second-order valence-corrected chi connectivity index (χ2v) is 7.46. The molecule has 1 aliphatic heterocycles. The van der Waals surface area contributed by atoms with Gasteiger partial charge in [0.2, 0.25) is 5.91 Å². The Morgan fingerprint density at radius 3 is 2.74 bits per heavy atom. The molecule has 0 aliphatic carbocycles. The zero-order chi connectivity index (χ0) is 18.8. The van der Waals surface area contributed by atoms with Crippen LogP contribution < -0.4 is 15.8 Å². The summed E-state index contributed by atoms with van der Waals surface area (Å²) >= 11 is 1.33. The number of piperidine rings is 1. The highest BCUT2D eigenvalue weighted by molar-refractivity contribution is 7.22. The maximum Gasteiger partial charge on any atom is 0.270 e. The number of hydrogen-bond donors (Lipinski definition) is 2. The van der Waals surface area contributed by atoms with Crippen molar-refractivity contribution >= 4 is 32.7 Å². The van der Waals surface area contributed by atoms with E-state index in [2.05, 4.69) is 25.2 Å². The third-order valence-corrected chi connectivity index (χ3v) is 5.81. The van der Waals surface area contributed by atoms with Crippen LogP contribution in [0.1, 0.15) is 18.4 Å². The smallest absolute Gasteiger partial charge is 0.270 e. The van der Waals surface area contributed by atoms with Crippen LogP contribution in [-0.2, 0) is 11.3 Å². The maximum absolute atomic E-state index is 12.9. The Morgan fingerprint density at radius 1 is 1.30 bits per heavy atom. The van der Waals surface area contributed by atoms with Crippen LogP contribution in [-0.4, -0.2) is 33.9 Å². The first-order chi connectivity index (χ1) is 13.1. The first-order valence-corrected chi connectivity index (χ1v) is 9.53. The van der Waals surface area contributed by atoms with Crippen LogP contribution in [0.15, 0.2) is 35.4 Å². The molecule has 2 aromatic heterocycles. The van der Waals surface area contributed by atoms with Gasteiger partial charge in [0.1, 0.15) is 10.5 Å². The maximum atomic E-state index is 12.9. The van der Waals surface area contributed by atoms with E-state index in [1.165, 1.54) is 29.8 Å². The number of nitrogens with zero attached hydrogens (tertiary/aromatic N) is 3. The van der Waals surface area contributed by atoms with E-state index in [0.29, 0.717) is 30.0 Å². The molecule has 1 saturated heterocycles. The molecular weight excluding hydrogens is 369 g/mol. The van der Waals surface area contributed by atoms with E-state index in [1.54, 1.807) is 12.1 Å². The van der Waals surface area contributed by atoms with Crippen LogP contribution in [0.25, 0.3) is 10.3 Å². The summed E-state index contributed by atoms with van der Waals surface area (Å²) in [6, 6.07) is 6.11. The molecule has 1 fully saturated rings. The first-order valence-electron chi connectivity index (χ1n) is 8.71. The van der Waals surface area contributed by atoms with E-state index < -0.39 is 0 Å². The van der Waals surface area contributed by atoms with Gasteiger partial charge in [-0.25, -0.2) is 9.37 Å². The lowest BCUT2D eigenvalue weighted by Crippen LogP contribution is -2.40. The highest BCUT2D eigenvalue weighted by atomic mass is 32.1. The number of amides is 1. The Balaban J connectivity index is 1.33. The Hall–Kier alpha value is -2.81. The van der Waals surface area contributed by atoms with Gasteiger partial charge in [-0.2, -0.15) is 4.98 Å². The molecule has 9 heteroatoms. The summed E-state index contributed by atoms with van der Waals surface area (Å²) < 4.78 is 13.4. The van der Waals surface area contributed by atoms with Crippen molar-refractivity contribution in [3.05, 3.63) is 52.3 Å². The molecule has 0 atom stereocenters. The van der Waals surface area contributed by atoms with Crippen LogP contribution in [0, 0.1) is 11.7 Å². The van der Waals surface area contributed by atoms with Crippen LogP contribution in [0.5, 0.6) is 0 Å². The number of hydrogen-bond acceptors (Lipinski definition) is 6. The number of aromatic nitrogens is 3. The molecule has 3 aromatic rings. The van der Waals surface area contributed by atoms with Crippen LogP contribution in [0.4, 0.5) is 9.52 Å². The number of anilines is 1. The van der Waals surface area contributed by atoms with Crippen molar-refractivity contribution < 1.29 is 9.18 Å². The number of benzene rings is 1. The second kappa shape index (κ2) is 7.43. The molecule has 7 nitrogen and oxygen atoms in total. The van der Waals surface area contributed by atoms with Crippen molar-refractivity contribution in [2.75, 3.05) is 18.0 Å². The lowest BCUT2D eigenvalue weighted by atomic mass is 9.96. The van der Waals surface area contributed by atoms with Crippen molar-refractivity contribution in [2.24, 2.45) is 5.92 Å². The summed E-state index contributed by atoms with van der Waals surface area (Å²) in [6.45, 7) is 1.80. The fourth-order valence-corrected chi connectivity index (χ4v) is 4.13. The zero-order valence-corrected chi connectivity index (χ0v) is 15.3. The summed E-state index contributed by atoms with van der Waals surface area (Å²) in [5, 5.41) is 3.69. The molecule has 0 radical (unpaired) electrons. The van der Waals surface area contributed by atoms with Gasteiger partial charge in [-0.15, -0.1) is 0 Å². The minimum Gasteiger partial charge on any atom is -0.352 e. The van der Waals surface area contributed by atoms with Crippen molar-refractivity contribution in [1.82, 2.24) is 20.3 Å². The molecule has 1 amide bonds. The second-order valence-electron chi connectivity index (χ2n) is 6.49. The first kappa shape index (κ1) is 17.6. The summed E-state index contributed by atoms with van der Waals surface area (Å²) in [6.07, 6.45) is 2.79. The van der Waals surface area contributed by atoms with Gasteiger partial charge in [-0.3, -0.25) is 9.59 Å². The Bertz CT molecular complexity index is 1010. The number of fused-ring (bicyclic) bond motifs is 1. The average molecular weight is 387 g/mol. The minimum absolute atomic E-state index is 0.0152. The van der Waals surface area contributed by atoms with Crippen molar-refractivity contribution in [1.29, 1.82) is 0 Å². The Morgan fingerprint density at radius 2 is 2.04 bits per heavy atom. The number of carbonyl (C=O) groups is 1. The van der Waals surface area contributed by atoms with E-state index in [0.717, 1.165) is 23.5 Å². The van der Waals surface area contributed by atoms with Crippen LogP contribution in [0.2, 0.25) is 0 Å². The number of carbonyl (C=O) groups excluding carboxylic acids is 1. The van der Waals surface area contributed by atoms with Gasteiger partial charge in [0.15, 0.2) is 10.8 Å². The third kappa shape index (κ3) is 3.82. The molecule has 0 spiro atoms. The summed E-state index contributed by atoms with van der Waals surface area (Å²) in [5.74, 6) is -0.330. The molecule has 3 heterocycles. The van der Waals surface area contributed by atoms with E-state index in [1.807, 2.05) is 0 Å². The predicted octanol–water partition coefficient (Wildman–Crippen LogP) is 2.05. The van der Waals surface area contributed by atoms with Crippen molar-refractivity contribution in [3.8, 4) is 0 Å². The Kier molecular flexibility index (Phi) is 4.85. The molecule has 4 rings (SSSR count). The lowest BCUT2D eigenvalue weighted by molar-refractivity contribution is -0.125. The zero-order valence-electron chi connectivity index (χ0n) is 14.4. The average Bonchev–Trinajstić information content (AvgIpc) is 3.13. The molecular formula is C18H18FN5O2S. The minimum atomic E-state index is -0.288. The van der Waals surface area contributed by atoms with E-state index >= 15 is 0 Å².